The average Bonchev–Trinajstić information content (AvgIpc) is 2.94. The van der Waals surface area contributed by atoms with Crippen LogP contribution in [0.5, 0.6) is 11.5 Å². The summed E-state index contributed by atoms with van der Waals surface area (Å²) in [6.45, 7) is 7.60. The molecule has 1 N–H and O–H groups in total. The first kappa shape index (κ1) is 28.8. The number of hydrogen-bond acceptors (Lipinski definition) is 6. The number of aromatic nitrogens is 2. The first-order valence-electron chi connectivity index (χ1n) is 12.9. The van der Waals surface area contributed by atoms with E-state index >= 15 is 0 Å². The quantitative estimate of drug-likeness (QED) is 0.166. The number of nitrogens with zero attached hydrogens (tertiary/aromatic N) is 3. The molecule has 1 aromatic heterocycles. The number of benzene rings is 3. The van der Waals surface area contributed by atoms with E-state index in [1.54, 1.807) is 24.4 Å². The Balaban J connectivity index is 1.65. The molecule has 0 bridgehead atoms. The van der Waals surface area contributed by atoms with E-state index in [1.807, 2.05) is 56.3 Å². The van der Waals surface area contributed by atoms with E-state index in [2.05, 4.69) is 37.9 Å². The number of carbonyl (C=O) groups is 1. The number of amides is 1. The summed E-state index contributed by atoms with van der Waals surface area (Å²) in [6.07, 6.45) is 5.21. The molecule has 9 heteroatoms. The predicted molar refractivity (Wildman–Crippen MR) is 163 cm³/mol. The van der Waals surface area contributed by atoms with E-state index in [4.69, 9.17) is 9.47 Å². The Kier molecular flexibility index (Phi) is 9.50. The van der Waals surface area contributed by atoms with Gasteiger partial charge < -0.3 is 14.8 Å². The molecule has 4 rings (SSSR count). The number of methoxy groups -OCH3 is 1. The van der Waals surface area contributed by atoms with Crippen LogP contribution in [0.15, 0.2) is 81.6 Å². The number of allylic oxidation sites excluding steroid dienone is 1. The van der Waals surface area contributed by atoms with E-state index in [0.717, 1.165) is 27.7 Å². The molecule has 8 nitrogen and oxygen atoms in total. The summed E-state index contributed by atoms with van der Waals surface area (Å²) in [7, 11) is 1.53. The maximum absolute atomic E-state index is 13.3. The van der Waals surface area contributed by atoms with Gasteiger partial charge in [0.15, 0.2) is 18.1 Å². The first-order chi connectivity index (χ1) is 19.3. The fraction of sp³-hybridized carbons (Fsp3) is 0.226. The number of para-hydroxylation sites is 1. The maximum atomic E-state index is 13.3. The molecule has 0 saturated heterocycles. The molecule has 206 valence electrons. The minimum atomic E-state index is -0.287. The zero-order chi connectivity index (χ0) is 28.6. The highest BCUT2D eigenvalue weighted by atomic mass is 79.9. The van der Waals surface area contributed by atoms with Crippen LogP contribution in [0.25, 0.3) is 10.9 Å². The number of hydrogen-bond donors (Lipinski definition) is 1. The van der Waals surface area contributed by atoms with Crippen LogP contribution in [-0.4, -0.2) is 35.5 Å². The van der Waals surface area contributed by atoms with Gasteiger partial charge in [-0.05, 0) is 67.3 Å². The molecule has 0 aliphatic rings. The van der Waals surface area contributed by atoms with Crippen molar-refractivity contribution in [2.24, 2.45) is 5.10 Å². The highest BCUT2D eigenvalue weighted by Gasteiger charge is 2.15. The summed E-state index contributed by atoms with van der Waals surface area (Å²) < 4.78 is 13.7. The number of fused-ring (bicyclic) bond motifs is 1. The third-order valence-electron chi connectivity index (χ3n) is 6.18. The first-order valence-corrected chi connectivity index (χ1v) is 13.7. The highest BCUT2D eigenvalue weighted by Crippen LogP contribution is 2.33. The van der Waals surface area contributed by atoms with Crippen LogP contribution < -0.4 is 20.3 Å². The molecule has 0 aliphatic heterocycles. The maximum Gasteiger partial charge on any atom is 0.282 e. The molecule has 0 saturated carbocycles. The highest BCUT2D eigenvalue weighted by molar-refractivity contribution is 9.10. The Morgan fingerprint density at radius 2 is 2.00 bits per heavy atom. The molecule has 0 radical (unpaired) electrons. The molecule has 1 amide bonds. The number of anilines is 1. The topological polar surface area (TPSA) is 94.8 Å². The normalized spacial score (nSPS) is 11.1. The second-order valence-corrected chi connectivity index (χ2v) is 10.1. The van der Waals surface area contributed by atoms with Crippen LogP contribution in [0.3, 0.4) is 0 Å². The van der Waals surface area contributed by atoms with Crippen LogP contribution in [0.4, 0.5) is 5.69 Å². The summed E-state index contributed by atoms with van der Waals surface area (Å²) in [6, 6.07) is 16.6. The Hall–Kier alpha value is -4.24. The van der Waals surface area contributed by atoms with Crippen LogP contribution in [0.2, 0.25) is 0 Å². The van der Waals surface area contributed by atoms with Crippen molar-refractivity contribution in [2.45, 2.75) is 33.1 Å². The molecule has 0 aliphatic carbocycles. The molecule has 3 aromatic carbocycles. The zero-order valence-corrected chi connectivity index (χ0v) is 24.3. The lowest BCUT2D eigenvalue weighted by molar-refractivity contribution is -0.118. The summed E-state index contributed by atoms with van der Waals surface area (Å²) in [5.74, 6) is 1.17. The number of carbonyl (C=O) groups excluding carboxylic acids is 1. The van der Waals surface area contributed by atoms with Crippen molar-refractivity contribution in [2.75, 3.05) is 19.0 Å². The summed E-state index contributed by atoms with van der Waals surface area (Å²) in [5, 5.41) is 7.87. The minimum absolute atomic E-state index is 0.198. The fourth-order valence-electron chi connectivity index (χ4n) is 4.24. The van der Waals surface area contributed by atoms with Crippen molar-refractivity contribution in [3.05, 3.63) is 105 Å². The number of aryl methyl sites for hydroxylation is 2. The lowest BCUT2D eigenvalue weighted by Crippen LogP contribution is -2.22. The zero-order valence-electron chi connectivity index (χ0n) is 22.7. The van der Waals surface area contributed by atoms with Crippen molar-refractivity contribution in [1.82, 2.24) is 9.66 Å². The van der Waals surface area contributed by atoms with Crippen molar-refractivity contribution in [3.63, 3.8) is 0 Å². The average molecular weight is 604 g/mol. The molecule has 0 atom stereocenters. The summed E-state index contributed by atoms with van der Waals surface area (Å²) in [4.78, 5) is 30.6. The minimum Gasteiger partial charge on any atom is -0.493 e. The van der Waals surface area contributed by atoms with E-state index in [-0.39, 0.29) is 18.1 Å². The Labute approximate surface area is 241 Å². The Bertz CT molecular complexity index is 1640. The van der Waals surface area contributed by atoms with Gasteiger partial charge in [-0.25, -0.2) is 4.98 Å². The van der Waals surface area contributed by atoms with Gasteiger partial charge in [0.2, 0.25) is 0 Å². The third-order valence-corrected chi connectivity index (χ3v) is 6.67. The van der Waals surface area contributed by atoms with E-state index in [9.17, 15) is 9.59 Å². The van der Waals surface area contributed by atoms with E-state index < -0.39 is 0 Å². The second kappa shape index (κ2) is 13.2. The number of nitrogens with one attached hydrogen (secondary N) is 1. The standard InChI is InChI=1S/C31H31BrN4O4/c1-5-9-22-15-21(16-27(39-4)30(22)40-19-29(37)35-25-12-8-7-11-20(25)3)18-33-36-28(10-6-2)34-26-14-13-23(32)17-24(26)31(36)38/h5,7-8,11-18H,1,6,9-10,19H2,2-4H3,(H,35,37). The van der Waals surface area contributed by atoms with Gasteiger partial charge in [0.1, 0.15) is 5.82 Å². The monoisotopic (exact) mass is 602 g/mol. The van der Waals surface area contributed by atoms with E-state index in [0.29, 0.717) is 46.6 Å². The van der Waals surface area contributed by atoms with Gasteiger partial charge in [-0.15, -0.1) is 6.58 Å². The van der Waals surface area contributed by atoms with Gasteiger partial charge in [0.25, 0.3) is 11.5 Å². The number of rotatable bonds is 11. The largest absolute Gasteiger partial charge is 0.493 e. The summed E-state index contributed by atoms with van der Waals surface area (Å²) >= 11 is 3.43. The van der Waals surface area contributed by atoms with Crippen LogP contribution in [-0.2, 0) is 17.6 Å². The lowest BCUT2D eigenvalue weighted by Gasteiger charge is -2.16. The fourth-order valence-corrected chi connectivity index (χ4v) is 4.60. The SMILES string of the molecule is C=CCc1cc(C=Nn2c(CCC)nc3ccc(Br)cc3c2=O)cc(OC)c1OCC(=O)Nc1ccccc1C. The van der Waals surface area contributed by atoms with Gasteiger partial charge in [-0.3, -0.25) is 9.59 Å². The molecular formula is C31H31BrN4O4. The van der Waals surface area contributed by atoms with Crippen molar-refractivity contribution in [1.29, 1.82) is 0 Å². The van der Waals surface area contributed by atoms with Gasteiger partial charge >= 0.3 is 0 Å². The Morgan fingerprint density at radius 1 is 1.20 bits per heavy atom. The van der Waals surface area contributed by atoms with Gasteiger partial charge in [0, 0.05) is 22.1 Å². The predicted octanol–water partition coefficient (Wildman–Crippen LogP) is 6.06. The number of ether oxygens (including phenoxy) is 2. The molecule has 4 aromatic rings. The van der Waals surface area contributed by atoms with Gasteiger partial charge in [-0.2, -0.15) is 9.78 Å². The smallest absolute Gasteiger partial charge is 0.282 e. The molecule has 1 heterocycles. The van der Waals surface area contributed by atoms with Gasteiger partial charge in [0.05, 0.1) is 24.2 Å². The van der Waals surface area contributed by atoms with Crippen LogP contribution in [0.1, 0.15) is 35.9 Å². The van der Waals surface area contributed by atoms with Crippen LogP contribution >= 0.6 is 15.9 Å². The molecule has 40 heavy (non-hydrogen) atoms. The lowest BCUT2D eigenvalue weighted by atomic mass is 10.1. The second-order valence-electron chi connectivity index (χ2n) is 9.16. The molecule has 0 unspecified atom stereocenters. The van der Waals surface area contributed by atoms with Crippen molar-refractivity contribution in [3.8, 4) is 11.5 Å². The van der Waals surface area contributed by atoms with Crippen molar-refractivity contribution < 1.29 is 14.3 Å². The van der Waals surface area contributed by atoms with Crippen LogP contribution in [0, 0.1) is 6.92 Å². The summed E-state index contributed by atoms with van der Waals surface area (Å²) in [5.41, 5.74) is 3.53. The molecule has 0 fully saturated rings. The molecule has 0 spiro atoms. The van der Waals surface area contributed by atoms with Gasteiger partial charge in [-0.1, -0.05) is 47.1 Å². The van der Waals surface area contributed by atoms with E-state index in [1.165, 1.54) is 11.8 Å². The van der Waals surface area contributed by atoms with Crippen molar-refractivity contribution >= 4 is 44.6 Å². The Morgan fingerprint density at radius 3 is 2.73 bits per heavy atom. The third kappa shape index (κ3) is 6.66. The number of halogens is 1. The molecular weight excluding hydrogens is 572 g/mol.